The molecular weight excluding hydrogens is 266 g/mol. The smallest absolute Gasteiger partial charge is 0.307 e. The molecule has 116 valence electrons. The number of rotatable bonds is 4. The number of aliphatic carboxylic acids is 1. The van der Waals surface area contributed by atoms with Crippen molar-refractivity contribution < 1.29 is 14.7 Å². The molecule has 2 N–H and O–H groups in total. The zero-order chi connectivity index (χ0) is 15.0. The molecule has 0 aromatic rings. The molecule has 0 radical (unpaired) electrons. The zero-order valence-electron chi connectivity index (χ0n) is 12.6. The summed E-state index contributed by atoms with van der Waals surface area (Å²) in [6.45, 7) is 2.20. The maximum atomic E-state index is 12.6. The second-order valence-electron chi connectivity index (χ2n) is 6.98. The topological polar surface area (TPSA) is 66.4 Å². The van der Waals surface area contributed by atoms with Crippen molar-refractivity contribution in [3.63, 3.8) is 0 Å². The van der Waals surface area contributed by atoms with E-state index in [4.69, 9.17) is 0 Å². The Morgan fingerprint density at radius 2 is 1.86 bits per heavy atom. The van der Waals surface area contributed by atoms with E-state index in [1.165, 1.54) is 19.3 Å². The van der Waals surface area contributed by atoms with Crippen LogP contribution >= 0.6 is 0 Å². The fraction of sp³-hybridized carbons (Fsp3) is 0.765. The van der Waals surface area contributed by atoms with E-state index in [1.807, 2.05) is 12.2 Å². The Balaban J connectivity index is 1.65. The van der Waals surface area contributed by atoms with Crippen molar-refractivity contribution >= 4 is 11.9 Å². The normalized spacial score (nSPS) is 41.2. The summed E-state index contributed by atoms with van der Waals surface area (Å²) in [5.74, 6) is -0.841. The Hall–Kier alpha value is -1.32. The maximum Gasteiger partial charge on any atom is 0.307 e. The van der Waals surface area contributed by atoms with Crippen molar-refractivity contribution in [2.75, 3.05) is 0 Å². The number of allylic oxidation sites excluding steroid dienone is 2. The summed E-state index contributed by atoms with van der Waals surface area (Å²) >= 11 is 0. The number of carboxylic acid groups (broad SMARTS) is 1. The molecule has 0 aromatic heterocycles. The Morgan fingerprint density at radius 3 is 2.52 bits per heavy atom. The molecule has 3 aliphatic carbocycles. The number of fused-ring (bicyclic) bond motifs is 2. The number of hydrogen-bond donors (Lipinski definition) is 2. The van der Waals surface area contributed by atoms with Crippen LogP contribution in [0.1, 0.15) is 45.4 Å². The third-order valence-corrected chi connectivity index (χ3v) is 5.75. The predicted molar refractivity (Wildman–Crippen MR) is 79.5 cm³/mol. The number of hydrogen-bond acceptors (Lipinski definition) is 2. The van der Waals surface area contributed by atoms with Gasteiger partial charge in [-0.05, 0) is 37.0 Å². The van der Waals surface area contributed by atoms with Crippen LogP contribution in [0.25, 0.3) is 0 Å². The van der Waals surface area contributed by atoms with Crippen LogP contribution in [0.5, 0.6) is 0 Å². The highest BCUT2D eigenvalue weighted by atomic mass is 16.4. The lowest BCUT2D eigenvalue weighted by molar-refractivity contribution is -0.148. The van der Waals surface area contributed by atoms with Crippen molar-refractivity contribution in [3.8, 4) is 0 Å². The van der Waals surface area contributed by atoms with Crippen LogP contribution in [-0.2, 0) is 9.59 Å². The average Bonchev–Trinajstić information content (AvgIpc) is 3.07. The lowest BCUT2D eigenvalue weighted by Crippen LogP contribution is -2.45. The summed E-state index contributed by atoms with van der Waals surface area (Å²) < 4.78 is 0. The fourth-order valence-corrected chi connectivity index (χ4v) is 4.61. The summed E-state index contributed by atoms with van der Waals surface area (Å²) in [6, 6.07) is 0.244. The molecular formula is C17H25NO3. The first kappa shape index (κ1) is 14.6. The van der Waals surface area contributed by atoms with Gasteiger partial charge in [-0.25, -0.2) is 0 Å². The molecule has 0 aromatic carbocycles. The van der Waals surface area contributed by atoms with Gasteiger partial charge >= 0.3 is 5.97 Å². The van der Waals surface area contributed by atoms with Gasteiger partial charge in [0.2, 0.25) is 5.91 Å². The molecule has 0 heterocycles. The standard InChI is InChI=1S/C17H25NO3/c1-2-10-4-3-5-13(8-10)18-16(19)14-11-6-7-12(9-11)15(14)17(20)21/h6-7,10-15H,2-5,8-9H2,1H3,(H,18,19)(H,20,21). The first-order valence-corrected chi connectivity index (χ1v) is 8.31. The second-order valence-corrected chi connectivity index (χ2v) is 6.98. The van der Waals surface area contributed by atoms with Crippen LogP contribution in [0, 0.1) is 29.6 Å². The number of carbonyl (C=O) groups excluding carboxylic acids is 1. The summed E-state index contributed by atoms with van der Waals surface area (Å²) in [5, 5.41) is 12.6. The third kappa shape index (κ3) is 2.72. The second kappa shape index (κ2) is 5.82. The van der Waals surface area contributed by atoms with E-state index in [-0.39, 0.29) is 29.7 Å². The van der Waals surface area contributed by atoms with E-state index < -0.39 is 11.9 Å². The van der Waals surface area contributed by atoms with Gasteiger partial charge in [0.15, 0.2) is 0 Å². The lowest BCUT2D eigenvalue weighted by atomic mass is 9.81. The van der Waals surface area contributed by atoms with Crippen LogP contribution in [0.2, 0.25) is 0 Å². The van der Waals surface area contributed by atoms with Gasteiger partial charge in [0, 0.05) is 6.04 Å². The van der Waals surface area contributed by atoms with E-state index in [0.717, 1.165) is 19.3 Å². The Labute approximate surface area is 126 Å². The first-order valence-electron chi connectivity index (χ1n) is 8.31. The van der Waals surface area contributed by atoms with Gasteiger partial charge in [-0.15, -0.1) is 0 Å². The summed E-state index contributed by atoms with van der Waals surface area (Å²) in [5.41, 5.74) is 0. The van der Waals surface area contributed by atoms with Gasteiger partial charge in [-0.2, -0.15) is 0 Å². The van der Waals surface area contributed by atoms with E-state index in [2.05, 4.69) is 12.2 Å². The Bertz CT molecular complexity index is 459. The molecule has 0 aliphatic heterocycles. The fourth-order valence-electron chi connectivity index (χ4n) is 4.61. The van der Waals surface area contributed by atoms with E-state index >= 15 is 0 Å². The molecule has 0 saturated heterocycles. The van der Waals surface area contributed by atoms with Crippen molar-refractivity contribution in [2.24, 2.45) is 29.6 Å². The SMILES string of the molecule is CCC1CCCC(NC(=O)C2C3C=CC(C3)C2C(=O)O)C1. The quantitative estimate of drug-likeness (QED) is 0.782. The number of amides is 1. The highest BCUT2D eigenvalue weighted by Crippen LogP contribution is 2.48. The molecule has 6 unspecified atom stereocenters. The predicted octanol–water partition coefficient (Wildman–Crippen LogP) is 2.59. The van der Waals surface area contributed by atoms with Crippen LogP contribution in [0.4, 0.5) is 0 Å². The number of nitrogens with one attached hydrogen (secondary N) is 1. The van der Waals surface area contributed by atoms with E-state index in [1.54, 1.807) is 0 Å². The van der Waals surface area contributed by atoms with Gasteiger partial charge in [0.1, 0.15) is 0 Å². The summed E-state index contributed by atoms with van der Waals surface area (Å²) in [4.78, 5) is 24.1. The molecule has 4 heteroatoms. The maximum absolute atomic E-state index is 12.6. The number of carboxylic acids is 1. The third-order valence-electron chi connectivity index (χ3n) is 5.75. The monoisotopic (exact) mass is 291 g/mol. The molecule has 2 fully saturated rings. The summed E-state index contributed by atoms with van der Waals surface area (Å²) in [7, 11) is 0. The van der Waals surface area contributed by atoms with Crippen molar-refractivity contribution in [3.05, 3.63) is 12.2 Å². The van der Waals surface area contributed by atoms with Gasteiger partial charge in [0.25, 0.3) is 0 Å². The van der Waals surface area contributed by atoms with Crippen molar-refractivity contribution in [1.82, 2.24) is 5.32 Å². The molecule has 4 nitrogen and oxygen atoms in total. The molecule has 2 saturated carbocycles. The van der Waals surface area contributed by atoms with Crippen molar-refractivity contribution in [2.45, 2.75) is 51.5 Å². The molecule has 3 aliphatic rings. The average molecular weight is 291 g/mol. The van der Waals surface area contributed by atoms with E-state index in [0.29, 0.717) is 5.92 Å². The van der Waals surface area contributed by atoms with Gasteiger partial charge in [-0.3, -0.25) is 9.59 Å². The molecule has 1 amide bonds. The van der Waals surface area contributed by atoms with Crippen LogP contribution in [-0.4, -0.2) is 23.0 Å². The zero-order valence-corrected chi connectivity index (χ0v) is 12.6. The minimum Gasteiger partial charge on any atom is -0.481 e. The largest absolute Gasteiger partial charge is 0.481 e. The minimum absolute atomic E-state index is 0.0268. The highest BCUT2D eigenvalue weighted by molar-refractivity contribution is 5.87. The highest BCUT2D eigenvalue weighted by Gasteiger charge is 2.51. The van der Waals surface area contributed by atoms with Gasteiger partial charge < -0.3 is 10.4 Å². The van der Waals surface area contributed by atoms with Crippen LogP contribution in [0.3, 0.4) is 0 Å². The molecule has 2 bridgehead atoms. The minimum atomic E-state index is -0.818. The summed E-state index contributed by atoms with van der Waals surface area (Å²) in [6.07, 6.45) is 10.6. The Kier molecular flexibility index (Phi) is 4.05. The van der Waals surface area contributed by atoms with Crippen LogP contribution < -0.4 is 5.32 Å². The Morgan fingerprint density at radius 1 is 1.14 bits per heavy atom. The molecule has 3 rings (SSSR count). The molecule has 6 atom stereocenters. The van der Waals surface area contributed by atoms with Crippen LogP contribution in [0.15, 0.2) is 12.2 Å². The molecule has 0 spiro atoms. The van der Waals surface area contributed by atoms with Crippen molar-refractivity contribution in [1.29, 1.82) is 0 Å². The van der Waals surface area contributed by atoms with E-state index in [9.17, 15) is 14.7 Å². The number of carbonyl (C=O) groups is 2. The lowest BCUT2D eigenvalue weighted by Gasteiger charge is -2.31. The van der Waals surface area contributed by atoms with Gasteiger partial charge in [0.05, 0.1) is 11.8 Å². The molecule has 21 heavy (non-hydrogen) atoms. The van der Waals surface area contributed by atoms with Gasteiger partial charge in [-0.1, -0.05) is 38.3 Å². The first-order chi connectivity index (χ1) is 10.1.